The highest BCUT2D eigenvalue weighted by Crippen LogP contribution is 2.21. The third-order valence-electron chi connectivity index (χ3n) is 2.52. The molecule has 1 aliphatic heterocycles. The van der Waals surface area contributed by atoms with Crippen molar-refractivity contribution in [1.29, 1.82) is 0 Å². The number of nitrogens with two attached hydrogens (primary N) is 1. The molecule has 1 atom stereocenters. The van der Waals surface area contributed by atoms with Crippen molar-refractivity contribution in [3.05, 3.63) is 17.3 Å². The van der Waals surface area contributed by atoms with Crippen LogP contribution in [0.1, 0.15) is 0 Å². The molecule has 1 aromatic rings. The maximum atomic E-state index is 11.2. The van der Waals surface area contributed by atoms with E-state index in [1.807, 2.05) is 0 Å². The second-order valence-electron chi connectivity index (χ2n) is 3.99. The van der Waals surface area contributed by atoms with Gasteiger partial charge in [-0.2, -0.15) is 0 Å². The van der Waals surface area contributed by atoms with Crippen molar-refractivity contribution in [3.63, 3.8) is 0 Å². The number of aromatic nitrogens is 1. The Labute approximate surface area is 116 Å². The van der Waals surface area contributed by atoms with Gasteiger partial charge in [0.2, 0.25) is 15.9 Å². The number of primary sulfonamides is 1. The van der Waals surface area contributed by atoms with E-state index in [4.69, 9.17) is 26.2 Å². The van der Waals surface area contributed by atoms with Crippen LogP contribution in [0.4, 0.5) is 0 Å². The van der Waals surface area contributed by atoms with Gasteiger partial charge in [0.05, 0.1) is 6.61 Å². The summed E-state index contributed by atoms with van der Waals surface area (Å²) in [6, 6.07) is 2.67. The summed E-state index contributed by atoms with van der Waals surface area (Å²) in [5.74, 6) is 0.228. The number of morpholine rings is 1. The highest BCUT2D eigenvalue weighted by Gasteiger charge is 2.17. The topological polar surface area (TPSA) is 104 Å². The summed E-state index contributed by atoms with van der Waals surface area (Å²) in [7, 11) is -3.87. The van der Waals surface area contributed by atoms with Crippen LogP contribution in [0.2, 0.25) is 5.15 Å². The summed E-state index contributed by atoms with van der Waals surface area (Å²) in [4.78, 5) is 3.61. The summed E-state index contributed by atoms with van der Waals surface area (Å²) in [6.45, 7) is 2.46. The number of ether oxygens (including phenoxy) is 2. The number of hydrogen-bond donors (Lipinski definition) is 2. The molecule has 1 aliphatic rings. The Hall–Kier alpha value is -0.930. The normalized spacial score (nSPS) is 20.2. The van der Waals surface area contributed by atoms with Crippen molar-refractivity contribution < 1.29 is 17.9 Å². The summed E-state index contributed by atoms with van der Waals surface area (Å²) >= 11 is 5.74. The molecule has 19 heavy (non-hydrogen) atoms. The van der Waals surface area contributed by atoms with Gasteiger partial charge < -0.3 is 14.8 Å². The Bertz CT molecular complexity index is 546. The van der Waals surface area contributed by atoms with Crippen LogP contribution >= 0.6 is 11.6 Å². The van der Waals surface area contributed by atoms with Crippen molar-refractivity contribution in [2.45, 2.75) is 11.0 Å². The van der Waals surface area contributed by atoms with Gasteiger partial charge in [0.1, 0.15) is 17.6 Å². The van der Waals surface area contributed by atoms with Crippen LogP contribution < -0.4 is 15.2 Å². The number of sulfonamides is 1. The zero-order valence-electron chi connectivity index (χ0n) is 10.0. The Morgan fingerprint density at radius 2 is 2.37 bits per heavy atom. The van der Waals surface area contributed by atoms with Gasteiger partial charge in [0.25, 0.3) is 0 Å². The van der Waals surface area contributed by atoms with Crippen LogP contribution in [0.5, 0.6) is 5.88 Å². The molecule has 0 unspecified atom stereocenters. The molecule has 2 rings (SSSR count). The minimum atomic E-state index is -3.87. The lowest BCUT2D eigenvalue weighted by Gasteiger charge is -2.23. The number of nitrogens with zero attached hydrogens (tertiary/aromatic N) is 1. The van der Waals surface area contributed by atoms with Crippen LogP contribution in [0, 0.1) is 0 Å². The van der Waals surface area contributed by atoms with Gasteiger partial charge in [0.15, 0.2) is 5.15 Å². The van der Waals surface area contributed by atoms with Gasteiger partial charge in [-0.3, -0.25) is 0 Å². The van der Waals surface area contributed by atoms with E-state index >= 15 is 0 Å². The fraction of sp³-hybridized carbons (Fsp3) is 0.500. The van der Waals surface area contributed by atoms with E-state index in [0.717, 1.165) is 6.54 Å². The molecule has 0 aromatic carbocycles. The highest BCUT2D eigenvalue weighted by atomic mass is 35.5. The molecule has 0 radical (unpaired) electrons. The van der Waals surface area contributed by atoms with Crippen LogP contribution in [-0.4, -0.2) is 45.8 Å². The Balaban J connectivity index is 2.00. The van der Waals surface area contributed by atoms with E-state index in [9.17, 15) is 8.42 Å². The predicted octanol–water partition coefficient (Wildman–Crippen LogP) is -0.250. The van der Waals surface area contributed by atoms with Gasteiger partial charge in [-0.15, -0.1) is 0 Å². The van der Waals surface area contributed by atoms with Crippen molar-refractivity contribution in [3.8, 4) is 5.88 Å². The summed E-state index contributed by atoms with van der Waals surface area (Å²) in [5.41, 5.74) is 0. The van der Waals surface area contributed by atoms with Crippen molar-refractivity contribution in [2.75, 3.05) is 26.3 Å². The summed E-state index contributed by atoms with van der Waals surface area (Å²) in [5, 5.41) is 7.94. The molecule has 0 bridgehead atoms. The summed E-state index contributed by atoms with van der Waals surface area (Å²) in [6.07, 6.45) is -0.0627. The first-order chi connectivity index (χ1) is 8.97. The molecule has 7 nitrogen and oxygen atoms in total. The molecule has 0 saturated carbocycles. The average molecular weight is 308 g/mol. The zero-order valence-corrected chi connectivity index (χ0v) is 11.6. The maximum absolute atomic E-state index is 11.2. The lowest BCUT2D eigenvalue weighted by atomic mass is 10.3. The third-order valence-corrected chi connectivity index (χ3v) is 3.86. The van der Waals surface area contributed by atoms with E-state index in [1.165, 1.54) is 12.1 Å². The highest BCUT2D eigenvalue weighted by molar-refractivity contribution is 7.89. The monoisotopic (exact) mass is 307 g/mol. The first-order valence-corrected chi connectivity index (χ1v) is 7.54. The van der Waals surface area contributed by atoms with Gasteiger partial charge in [-0.05, 0) is 6.07 Å². The van der Waals surface area contributed by atoms with E-state index in [2.05, 4.69) is 10.3 Å². The van der Waals surface area contributed by atoms with Crippen molar-refractivity contribution in [2.24, 2.45) is 5.14 Å². The molecular weight excluding hydrogens is 294 g/mol. The smallest absolute Gasteiger partial charge is 0.241 e. The van der Waals surface area contributed by atoms with Crippen LogP contribution in [0.15, 0.2) is 17.0 Å². The lowest BCUT2D eigenvalue weighted by molar-refractivity contribution is -0.000755. The number of pyridine rings is 1. The molecule has 1 aromatic heterocycles. The second-order valence-corrected chi connectivity index (χ2v) is 5.88. The molecular formula is C10H14ClN3O4S. The first-order valence-electron chi connectivity index (χ1n) is 5.61. The Morgan fingerprint density at radius 1 is 1.58 bits per heavy atom. The number of hydrogen-bond acceptors (Lipinski definition) is 6. The zero-order chi connectivity index (χ0) is 13.9. The fourth-order valence-electron chi connectivity index (χ4n) is 1.60. The number of rotatable bonds is 4. The van der Waals surface area contributed by atoms with Gasteiger partial charge >= 0.3 is 0 Å². The molecule has 0 aliphatic carbocycles. The minimum absolute atomic E-state index is 0.0627. The first kappa shape index (κ1) is 14.5. The van der Waals surface area contributed by atoms with Crippen LogP contribution in [-0.2, 0) is 14.8 Å². The van der Waals surface area contributed by atoms with Crippen LogP contribution in [0.3, 0.4) is 0 Å². The van der Waals surface area contributed by atoms with Gasteiger partial charge in [0, 0.05) is 19.2 Å². The largest absolute Gasteiger partial charge is 0.475 e. The van der Waals surface area contributed by atoms with Crippen LogP contribution in [0.25, 0.3) is 0 Å². The maximum Gasteiger partial charge on any atom is 0.241 e. The third kappa shape index (κ3) is 4.02. The van der Waals surface area contributed by atoms with Crippen molar-refractivity contribution >= 4 is 21.6 Å². The fourth-order valence-corrected chi connectivity index (χ4v) is 2.61. The van der Waals surface area contributed by atoms with Gasteiger partial charge in [-0.25, -0.2) is 18.5 Å². The quantitative estimate of drug-likeness (QED) is 0.743. The van der Waals surface area contributed by atoms with E-state index in [-0.39, 0.29) is 22.0 Å². The Morgan fingerprint density at radius 3 is 2.95 bits per heavy atom. The average Bonchev–Trinajstić information content (AvgIpc) is 2.36. The molecule has 2 heterocycles. The standard InChI is InChI=1S/C10H14ClN3O4S/c11-10-8(19(12,15)16)1-2-9(14-10)18-6-7-5-13-3-4-17-7/h1-2,7,13H,3-6H2,(H2,12,15,16)/t7-/m1/s1. The SMILES string of the molecule is NS(=O)(=O)c1ccc(OC[C@H]2CNCCO2)nc1Cl. The molecule has 0 amide bonds. The van der Waals surface area contributed by atoms with E-state index in [1.54, 1.807) is 0 Å². The minimum Gasteiger partial charge on any atom is -0.475 e. The molecule has 9 heteroatoms. The second kappa shape index (κ2) is 6.02. The molecule has 1 fully saturated rings. The van der Waals surface area contributed by atoms with Crippen molar-refractivity contribution in [1.82, 2.24) is 10.3 Å². The molecule has 3 N–H and O–H groups in total. The molecule has 106 valence electrons. The van der Waals surface area contributed by atoms with E-state index in [0.29, 0.717) is 19.8 Å². The summed E-state index contributed by atoms with van der Waals surface area (Å²) < 4.78 is 33.2. The lowest BCUT2D eigenvalue weighted by Crippen LogP contribution is -2.41. The number of halogens is 1. The number of nitrogens with one attached hydrogen (secondary N) is 1. The van der Waals surface area contributed by atoms with Gasteiger partial charge in [-0.1, -0.05) is 11.6 Å². The Kier molecular flexibility index (Phi) is 4.58. The predicted molar refractivity (Wildman–Crippen MR) is 68.7 cm³/mol. The molecule has 0 spiro atoms. The molecule has 1 saturated heterocycles. The van der Waals surface area contributed by atoms with E-state index < -0.39 is 10.0 Å².